The van der Waals surface area contributed by atoms with E-state index in [9.17, 15) is 9.90 Å². The van der Waals surface area contributed by atoms with Crippen molar-refractivity contribution in [1.29, 1.82) is 0 Å². The van der Waals surface area contributed by atoms with Crippen molar-refractivity contribution in [3.05, 3.63) is 29.8 Å². The first-order valence-electron chi connectivity index (χ1n) is 5.92. The molecule has 0 atom stereocenters. The fraction of sp³-hybridized carbons (Fsp3) is 0.500. The van der Waals surface area contributed by atoms with Crippen LogP contribution in [0, 0.1) is 0 Å². The molecule has 0 heterocycles. The Kier molecular flexibility index (Phi) is 5.08. The second kappa shape index (κ2) is 6.14. The molecule has 1 aromatic rings. The average Bonchev–Trinajstić information content (AvgIpc) is 2.27. The molecule has 0 saturated carbocycles. The number of aromatic hydroxyl groups is 1. The highest BCUT2D eigenvalue weighted by Gasteiger charge is 2.23. The Balaban J connectivity index is 2.51. The van der Waals surface area contributed by atoms with Gasteiger partial charge in [-0.3, -0.25) is 4.79 Å². The standard InChI is InChI=1S/C14H21NO2S/c1-14(2,9-13(17)15(3)4)18-10-11-5-7-12(16)8-6-11/h5-8,16H,9-10H2,1-4H3. The van der Waals surface area contributed by atoms with E-state index in [1.54, 1.807) is 42.9 Å². The van der Waals surface area contributed by atoms with E-state index in [2.05, 4.69) is 13.8 Å². The summed E-state index contributed by atoms with van der Waals surface area (Å²) in [6.07, 6.45) is 0.531. The minimum Gasteiger partial charge on any atom is -0.508 e. The van der Waals surface area contributed by atoms with Gasteiger partial charge in [0, 0.05) is 31.0 Å². The van der Waals surface area contributed by atoms with Crippen molar-refractivity contribution in [2.45, 2.75) is 30.8 Å². The quantitative estimate of drug-likeness (QED) is 0.892. The van der Waals surface area contributed by atoms with Crippen LogP contribution in [0.1, 0.15) is 25.8 Å². The maximum Gasteiger partial charge on any atom is 0.223 e. The monoisotopic (exact) mass is 267 g/mol. The maximum absolute atomic E-state index is 11.7. The molecule has 1 rings (SSSR count). The van der Waals surface area contributed by atoms with Crippen LogP contribution in [-0.4, -0.2) is 34.8 Å². The van der Waals surface area contributed by atoms with Gasteiger partial charge >= 0.3 is 0 Å². The van der Waals surface area contributed by atoms with E-state index in [1.165, 1.54) is 0 Å². The van der Waals surface area contributed by atoms with Crippen molar-refractivity contribution >= 4 is 17.7 Å². The lowest BCUT2D eigenvalue weighted by Crippen LogP contribution is -2.29. The molecule has 0 radical (unpaired) electrons. The molecule has 1 N–H and O–H groups in total. The average molecular weight is 267 g/mol. The van der Waals surface area contributed by atoms with E-state index in [4.69, 9.17) is 0 Å². The first kappa shape index (κ1) is 14.9. The van der Waals surface area contributed by atoms with Crippen LogP contribution in [0.3, 0.4) is 0 Å². The Morgan fingerprint density at radius 2 is 1.83 bits per heavy atom. The van der Waals surface area contributed by atoms with Crippen LogP contribution < -0.4 is 0 Å². The topological polar surface area (TPSA) is 40.5 Å². The van der Waals surface area contributed by atoms with Gasteiger partial charge in [-0.2, -0.15) is 11.8 Å². The number of phenols is 1. The molecular formula is C14H21NO2S. The summed E-state index contributed by atoms with van der Waals surface area (Å²) in [5.41, 5.74) is 1.16. The molecule has 0 aliphatic rings. The summed E-state index contributed by atoms with van der Waals surface area (Å²) in [6, 6.07) is 7.19. The molecule has 0 spiro atoms. The number of hydrogen-bond donors (Lipinski definition) is 1. The van der Waals surface area contributed by atoms with Gasteiger partial charge in [-0.15, -0.1) is 0 Å². The summed E-state index contributed by atoms with van der Waals surface area (Å²) >= 11 is 1.75. The van der Waals surface area contributed by atoms with E-state index in [0.717, 1.165) is 11.3 Å². The van der Waals surface area contributed by atoms with Gasteiger partial charge < -0.3 is 10.0 Å². The molecule has 0 fully saturated rings. The number of benzene rings is 1. The van der Waals surface area contributed by atoms with Gasteiger partial charge in [0.15, 0.2) is 0 Å². The summed E-state index contributed by atoms with van der Waals surface area (Å²) in [7, 11) is 3.56. The van der Waals surface area contributed by atoms with Crippen molar-refractivity contribution in [2.75, 3.05) is 14.1 Å². The highest BCUT2D eigenvalue weighted by molar-refractivity contribution is 7.99. The maximum atomic E-state index is 11.7. The highest BCUT2D eigenvalue weighted by atomic mass is 32.2. The molecule has 0 aliphatic heterocycles. The van der Waals surface area contributed by atoms with E-state index in [0.29, 0.717) is 6.42 Å². The van der Waals surface area contributed by atoms with E-state index >= 15 is 0 Å². The Morgan fingerprint density at radius 3 is 2.33 bits per heavy atom. The molecular weight excluding hydrogens is 246 g/mol. The van der Waals surface area contributed by atoms with Crippen molar-refractivity contribution in [3.63, 3.8) is 0 Å². The summed E-state index contributed by atoms with van der Waals surface area (Å²) < 4.78 is -0.0841. The minimum atomic E-state index is -0.0841. The molecule has 4 heteroatoms. The SMILES string of the molecule is CN(C)C(=O)CC(C)(C)SCc1ccc(O)cc1. The number of carbonyl (C=O) groups excluding carboxylic acids is 1. The number of rotatable bonds is 5. The van der Waals surface area contributed by atoms with Crippen molar-refractivity contribution in [1.82, 2.24) is 4.90 Å². The van der Waals surface area contributed by atoms with Gasteiger partial charge in [0.25, 0.3) is 0 Å². The number of hydrogen-bond acceptors (Lipinski definition) is 3. The summed E-state index contributed by atoms with van der Waals surface area (Å²) in [5.74, 6) is 1.28. The molecule has 0 saturated heterocycles. The third-order valence-electron chi connectivity index (χ3n) is 2.64. The third kappa shape index (κ3) is 5.00. The molecule has 0 aliphatic carbocycles. The van der Waals surface area contributed by atoms with Crippen molar-refractivity contribution in [3.8, 4) is 5.75 Å². The zero-order valence-electron chi connectivity index (χ0n) is 11.4. The van der Waals surface area contributed by atoms with Crippen molar-refractivity contribution in [2.24, 2.45) is 0 Å². The minimum absolute atomic E-state index is 0.0841. The fourth-order valence-electron chi connectivity index (χ4n) is 1.44. The van der Waals surface area contributed by atoms with E-state index < -0.39 is 0 Å². The largest absolute Gasteiger partial charge is 0.508 e. The third-order valence-corrected chi connectivity index (χ3v) is 4.05. The van der Waals surface area contributed by atoms with Gasteiger partial charge in [0.2, 0.25) is 5.91 Å². The van der Waals surface area contributed by atoms with Gasteiger partial charge in [0.1, 0.15) is 5.75 Å². The number of nitrogens with zero attached hydrogens (tertiary/aromatic N) is 1. The molecule has 0 unspecified atom stereocenters. The van der Waals surface area contributed by atoms with Crippen LogP contribution in [0.25, 0.3) is 0 Å². The zero-order valence-corrected chi connectivity index (χ0v) is 12.3. The lowest BCUT2D eigenvalue weighted by Gasteiger charge is -2.25. The predicted molar refractivity (Wildman–Crippen MR) is 76.8 cm³/mol. The number of amides is 1. The van der Waals surface area contributed by atoms with Crippen LogP contribution in [0.5, 0.6) is 5.75 Å². The molecule has 1 aromatic carbocycles. The van der Waals surface area contributed by atoms with E-state index in [1.807, 2.05) is 12.1 Å². The van der Waals surface area contributed by atoms with Crippen LogP contribution in [0.2, 0.25) is 0 Å². The smallest absolute Gasteiger partial charge is 0.223 e. The van der Waals surface area contributed by atoms with Crippen LogP contribution in [-0.2, 0) is 10.5 Å². The molecule has 0 aromatic heterocycles. The Bertz CT molecular complexity index is 399. The van der Waals surface area contributed by atoms with Crippen molar-refractivity contribution < 1.29 is 9.90 Å². The Hall–Kier alpha value is -1.16. The lowest BCUT2D eigenvalue weighted by molar-refractivity contribution is -0.129. The molecule has 100 valence electrons. The van der Waals surface area contributed by atoms with Crippen LogP contribution in [0.15, 0.2) is 24.3 Å². The molecule has 18 heavy (non-hydrogen) atoms. The number of phenolic OH excluding ortho intramolecular Hbond substituents is 1. The predicted octanol–water partition coefficient (Wildman–Crippen LogP) is 2.88. The van der Waals surface area contributed by atoms with Gasteiger partial charge in [-0.25, -0.2) is 0 Å². The first-order valence-corrected chi connectivity index (χ1v) is 6.91. The Morgan fingerprint density at radius 1 is 1.28 bits per heavy atom. The molecule has 0 bridgehead atoms. The second-order valence-electron chi connectivity index (χ2n) is 5.18. The van der Waals surface area contributed by atoms with Gasteiger partial charge in [0.05, 0.1) is 0 Å². The van der Waals surface area contributed by atoms with Gasteiger partial charge in [-0.1, -0.05) is 26.0 Å². The Labute approximate surface area is 113 Å². The fourth-order valence-corrected chi connectivity index (χ4v) is 2.42. The summed E-state index contributed by atoms with van der Waals surface area (Å²) in [6.45, 7) is 4.17. The normalized spacial score (nSPS) is 11.3. The second-order valence-corrected chi connectivity index (χ2v) is 6.86. The van der Waals surface area contributed by atoms with Crippen LogP contribution in [0.4, 0.5) is 0 Å². The zero-order chi connectivity index (χ0) is 13.8. The number of carbonyl (C=O) groups is 1. The molecule has 3 nitrogen and oxygen atoms in total. The highest BCUT2D eigenvalue weighted by Crippen LogP contribution is 2.31. The first-order chi connectivity index (χ1) is 8.30. The number of thioether (sulfide) groups is 1. The van der Waals surface area contributed by atoms with Crippen LogP contribution >= 0.6 is 11.8 Å². The summed E-state index contributed by atoms with van der Waals surface area (Å²) in [5, 5.41) is 9.21. The molecule has 1 amide bonds. The summed E-state index contributed by atoms with van der Waals surface area (Å²) in [4.78, 5) is 13.3. The van der Waals surface area contributed by atoms with Gasteiger partial charge in [-0.05, 0) is 17.7 Å². The lowest BCUT2D eigenvalue weighted by atomic mass is 10.1. The van der Waals surface area contributed by atoms with E-state index in [-0.39, 0.29) is 16.4 Å².